The van der Waals surface area contributed by atoms with Crippen molar-refractivity contribution in [3.8, 4) is 5.75 Å². The molecule has 2 unspecified atom stereocenters. The van der Waals surface area contributed by atoms with Gasteiger partial charge in [0.15, 0.2) is 0 Å². The highest BCUT2D eigenvalue weighted by molar-refractivity contribution is 5.40. The molecule has 0 saturated carbocycles. The van der Waals surface area contributed by atoms with Gasteiger partial charge < -0.3 is 15.3 Å². The molecule has 0 spiro atoms. The number of nitrogens with one attached hydrogen (secondary N) is 1. The topological polar surface area (TPSA) is 35.5 Å². The zero-order valence-electron chi connectivity index (χ0n) is 10.9. The zero-order valence-corrected chi connectivity index (χ0v) is 10.9. The molecule has 0 saturated heterocycles. The molecule has 2 atom stereocenters. The second-order valence-corrected chi connectivity index (χ2v) is 5.30. The van der Waals surface area contributed by atoms with Gasteiger partial charge in [-0.15, -0.1) is 0 Å². The average Bonchev–Trinajstić information content (AvgIpc) is 2.59. The monoisotopic (exact) mass is 234 g/mol. The van der Waals surface area contributed by atoms with Crippen molar-refractivity contribution in [2.24, 2.45) is 0 Å². The van der Waals surface area contributed by atoms with Crippen LogP contribution in [0.2, 0.25) is 0 Å². The van der Waals surface area contributed by atoms with Crippen molar-refractivity contribution in [2.75, 3.05) is 20.6 Å². The first-order chi connectivity index (χ1) is 8.06. The quantitative estimate of drug-likeness (QED) is 0.835. The van der Waals surface area contributed by atoms with Crippen LogP contribution >= 0.6 is 0 Å². The number of likely N-dealkylation sites (N-methyl/N-ethyl adjacent to an activating group) is 1. The minimum Gasteiger partial charge on any atom is -0.508 e. The Morgan fingerprint density at radius 2 is 2.24 bits per heavy atom. The van der Waals surface area contributed by atoms with E-state index in [0.717, 1.165) is 19.4 Å². The number of aromatic hydroxyl groups is 1. The summed E-state index contributed by atoms with van der Waals surface area (Å²) < 4.78 is 0. The number of phenolic OH excluding ortho intramolecular Hbond substituents is 1. The summed E-state index contributed by atoms with van der Waals surface area (Å²) in [6.45, 7) is 3.27. The maximum absolute atomic E-state index is 9.46. The van der Waals surface area contributed by atoms with Gasteiger partial charge in [0.05, 0.1) is 0 Å². The van der Waals surface area contributed by atoms with Crippen LogP contribution in [0, 0.1) is 0 Å². The predicted octanol–water partition coefficient (Wildman–Crippen LogP) is 1.92. The summed E-state index contributed by atoms with van der Waals surface area (Å²) in [5.74, 6) is 0.380. The number of benzene rings is 1. The second-order valence-electron chi connectivity index (χ2n) is 5.30. The molecule has 1 aliphatic rings. The van der Waals surface area contributed by atoms with Crippen molar-refractivity contribution in [3.63, 3.8) is 0 Å². The van der Waals surface area contributed by atoms with Crippen LogP contribution in [-0.2, 0) is 6.42 Å². The van der Waals surface area contributed by atoms with Crippen molar-refractivity contribution < 1.29 is 5.11 Å². The van der Waals surface area contributed by atoms with E-state index >= 15 is 0 Å². The van der Waals surface area contributed by atoms with E-state index in [2.05, 4.69) is 37.3 Å². The van der Waals surface area contributed by atoms with Crippen LogP contribution in [0.1, 0.15) is 30.5 Å². The van der Waals surface area contributed by atoms with Gasteiger partial charge in [0.1, 0.15) is 5.75 Å². The minimum atomic E-state index is 0.380. The Morgan fingerprint density at radius 1 is 1.47 bits per heavy atom. The summed E-state index contributed by atoms with van der Waals surface area (Å²) in [7, 11) is 4.19. The Kier molecular flexibility index (Phi) is 3.69. The molecule has 1 aromatic rings. The highest BCUT2D eigenvalue weighted by Crippen LogP contribution is 2.33. The molecule has 0 fully saturated rings. The minimum absolute atomic E-state index is 0.380. The van der Waals surface area contributed by atoms with E-state index in [1.54, 1.807) is 6.07 Å². The summed E-state index contributed by atoms with van der Waals surface area (Å²) in [6.07, 6.45) is 2.20. The molecule has 3 nitrogen and oxygen atoms in total. The molecule has 0 aromatic heterocycles. The highest BCUT2D eigenvalue weighted by atomic mass is 16.3. The highest BCUT2D eigenvalue weighted by Gasteiger charge is 2.23. The Labute approximate surface area is 103 Å². The first-order valence-electron chi connectivity index (χ1n) is 6.29. The molecule has 3 heteroatoms. The number of phenols is 1. The fraction of sp³-hybridized carbons (Fsp3) is 0.571. The first kappa shape index (κ1) is 12.4. The molecular formula is C14H22N2O. The van der Waals surface area contributed by atoms with Crippen LogP contribution in [0.3, 0.4) is 0 Å². The molecule has 94 valence electrons. The number of rotatable bonds is 4. The van der Waals surface area contributed by atoms with Gasteiger partial charge in [0.25, 0.3) is 0 Å². The van der Waals surface area contributed by atoms with Crippen LogP contribution in [-0.4, -0.2) is 36.7 Å². The lowest BCUT2D eigenvalue weighted by atomic mass is 10.1. The van der Waals surface area contributed by atoms with E-state index in [-0.39, 0.29) is 0 Å². The van der Waals surface area contributed by atoms with Gasteiger partial charge in [0, 0.05) is 18.6 Å². The lowest BCUT2D eigenvalue weighted by Gasteiger charge is -2.23. The maximum atomic E-state index is 9.46. The van der Waals surface area contributed by atoms with Crippen LogP contribution in [0.15, 0.2) is 18.2 Å². The third-order valence-electron chi connectivity index (χ3n) is 3.33. The third kappa shape index (κ3) is 2.99. The summed E-state index contributed by atoms with van der Waals surface area (Å²) in [6, 6.07) is 6.66. The van der Waals surface area contributed by atoms with Gasteiger partial charge in [-0.2, -0.15) is 0 Å². The van der Waals surface area contributed by atoms with Gasteiger partial charge in [-0.3, -0.25) is 0 Å². The standard InChI is InChI=1S/C14H22N2O/c1-10(9-16(2)3)15-14-7-4-11-8-12(17)5-6-13(11)14/h5-6,8,10,14-15,17H,4,7,9H2,1-3H3. The predicted molar refractivity (Wildman–Crippen MR) is 70.3 cm³/mol. The Bertz CT molecular complexity index is 390. The van der Waals surface area contributed by atoms with E-state index in [9.17, 15) is 5.11 Å². The third-order valence-corrected chi connectivity index (χ3v) is 3.33. The lowest BCUT2D eigenvalue weighted by Crippen LogP contribution is -2.37. The van der Waals surface area contributed by atoms with E-state index in [1.807, 2.05) is 6.07 Å². The smallest absolute Gasteiger partial charge is 0.115 e. The van der Waals surface area contributed by atoms with Gasteiger partial charge in [-0.05, 0) is 57.1 Å². The molecule has 1 aromatic carbocycles. The van der Waals surface area contributed by atoms with Crippen LogP contribution in [0.25, 0.3) is 0 Å². The summed E-state index contributed by atoms with van der Waals surface area (Å²) in [5.41, 5.74) is 2.65. The van der Waals surface area contributed by atoms with Gasteiger partial charge >= 0.3 is 0 Å². The van der Waals surface area contributed by atoms with Crippen molar-refractivity contribution in [1.82, 2.24) is 10.2 Å². The van der Waals surface area contributed by atoms with E-state index < -0.39 is 0 Å². The fourth-order valence-corrected chi connectivity index (χ4v) is 2.72. The molecule has 0 aliphatic heterocycles. The van der Waals surface area contributed by atoms with Gasteiger partial charge in [0.2, 0.25) is 0 Å². The van der Waals surface area contributed by atoms with Gasteiger partial charge in [-0.25, -0.2) is 0 Å². The van der Waals surface area contributed by atoms with Crippen LogP contribution < -0.4 is 5.32 Å². The lowest BCUT2D eigenvalue weighted by molar-refractivity contribution is 0.328. The molecule has 0 heterocycles. The maximum Gasteiger partial charge on any atom is 0.115 e. The van der Waals surface area contributed by atoms with Crippen molar-refractivity contribution >= 4 is 0 Å². The number of hydrogen-bond acceptors (Lipinski definition) is 3. The molecule has 0 radical (unpaired) electrons. The number of aryl methyl sites for hydroxylation is 1. The molecule has 0 bridgehead atoms. The summed E-state index contributed by atoms with van der Waals surface area (Å²) in [4.78, 5) is 2.20. The molecule has 17 heavy (non-hydrogen) atoms. The molecule has 2 N–H and O–H groups in total. The van der Waals surface area contributed by atoms with E-state index in [0.29, 0.717) is 17.8 Å². The van der Waals surface area contributed by atoms with Crippen molar-refractivity contribution in [3.05, 3.63) is 29.3 Å². The molecular weight excluding hydrogens is 212 g/mol. The summed E-state index contributed by atoms with van der Waals surface area (Å²) >= 11 is 0. The Morgan fingerprint density at radius 3 is 2.94 bits per heavy atom. The van der Waals surface area contributed by atoms with Crippen molar-refractivity contribution in [2.45, 2.75) is 31.8 Å². The Balaban J connectivity index is 2.02. The second kappa shape index (κ2) is 5.07. The van der Waals surface area contributed by atoms with Crippen molar-refractivity contribution in [1.29, 1.82) is 0 Å². The summed E-state index contributed by atoms with van der Waals surface area (Å²) in [5, 5.41) is 13.1. The van der Waals surface area contributed by atoms with Crippen LogP contribution in [0.4, 0.5) is 0 Å². The number of nitrogens with zero attached hydrogens (tertiary/aromatic N) is 1. The average molecular weight is 234 g/mol. The molecule has 1 aliphatic carbocycles. The van der Waals surface area contributed by atoms with Gasteiger partial charge in [-0.1, -0.05) is 6.07 Å². The number of hydrogen-bond donors (Lipinski definition) is 2. The van der Waals surface area contributed by atoms with E-state index in [4.69, 9.17) is 0 Å². The number of fused-ring (bicyclic) bond motifs is 1. The first-order valence-corrected chi connectivity index (χ1v) is 6.29. The van der Waals surface area contributed by atoms with Crippen LogP contribution in [0.5, 0.6) is 5.75 Å². The normalized spacial score (nSPS) is 20.6. The molecule has 0 amide bonds. The van der Waals surface area contributed by atoms with E-state index in [1.165, 1.54) is 11.1 Å². The largest absolute Gasteiger partial charge is 0.508 e. The zero-order chi connectivity index (χ0) is 12.4. The SMILES string of the molecule is CC(CN(C)C)NC1CCc2cc(O)ccc21. The fourth-order valence-electron chi connectivity index (χ4n) is 2.72. The molecule has 2 rings (SSSR count). The Hall–Kier alpha value is -1.06.